The van der Waals surface area contributed by atoms with Gasteiger partial charge in [-0.05, 0) is 39.7 Å². The number of rotatable bonds is 11. The van der Waals surface area contributed by atoms with Gasteiger partial charge in [-0.2, -0.15) is 0 Å². The molecule has 0 spiro atoms. The SMILES string of the molecule is COc1ccccc1COC[C@@H](O)CNCCCN(C)C. The summed E-state index contributed by atoms with van der Waals surface area (Å²) in [5, 5.41) is 13.1. The van der Waals surface area contributed by atoms with Crippen molar-refractivity contribution in [2.24, 2.45) is 0 Å². The van der Waals surface area contributed by atoms with Crippen molar-refractivity contribution in [2.75, 3.05) is 47.4 Å². The van der Waals surface area contributed by atoms with E-state index in [-0.39, 0.29) is 0 Å². The van der Waals surface area contributed by atoms with E-state index < -0.39 is 6.10 Å². The molecule has 0 heterocycles. The van der Waals surface area contributed by atoms with Crippen molar-refractivity contribution < 1.29 is 14.6 Å². The highest BCUT2D eigenvalue weighted by molar-refractivity contribution is 5.32. The topological polar surface area (TPSA) is 54.0 Å². The van der Waals surface area contributed by atoms with Gasteiger partial charge in [0.25, 0.3) is 0 Å². The van der Waals surface area contributed by atoms with Crippen LogP contribution in [0.15, 0.2) is 24.3 Å². The molecule has 0 amide bonds. The van der Waals surface area contributed by atoms with Gasteiger partial charge in [0.2, 0.25) is 0 Å². The highest BCUT2D eigenvalue weighted by Crippen LogP contribution is 2.17. The first-order valence-corrected chi connectivity index (χ1v) is 7.36. The van der Waals surface area contributed by atoms with E-state index >= 15 is 0 Å². The Hall–Kier alpha value is -1.14. The maximum atomic E-state index is 9.83. The van der Waals surface area contributed by atoms with E-state index in [1.165, 1.54) is 0 Å². The lowest BCUT2D eigenvalue weighted by molar-refractivity contribution is 0.0282. The summed E-state index contributed by atoms with van der Waals surface area (Å²) in [6, 6.07) is 7.74. The third-order valence-electron chi connectivity index (χ3n) is 3.10. The Morgan fingerprint density at radius 1 is 1.29 bits per heavy atom. The Labute approximate surface area is 127 Å². The molecule has 0 aliphatic heterocycles. The molecule has 1 rings (SSSR count). The fourth-order valence-electron chi connectivity index (χ4n) is 1.98. The summed E-state index contributed by atoms with van der Waals surface area (Å²) < 4.78 is 10.8. The number of hydrogen-bond donors (Lipinski definition) is 2. The molecule has 21 heavy (non-hydrogen) atoms. The van der Waals surface area contributed by atoms with Gasteiger partial charge < -0.3 is 24.8 Å². The van der Waals surface area contributed by atoms with Gasteiger partial charge >= 0.3 is 0 Å². The molecule has 5 heteroatoms. The number of benzene rings is 1. The fourth-order valence-corrected chi connectivity index (χ4v) is 1.98. The van der Waals surface area contributed by atoms with Crippen LogP contribution in [0.5, 0.6) is 5.75 Å². The van der Waals surface area contributed by atoms with Crippen molar-refractivity contribution in [2.45, 2.75) is 19.1 Å². The quantitative estimate of drug-likeness (QED) is 0.599. The number of nitrogens with one attached hydrogen (secondary N) is 1. The lowest BCUT2D eigenvalue weighted by Gasteiger charge is -2.14. The predicted molar refractivity (Wildman–Crippen MR) is 84.7 cm³/mol. The van der Waals surface area contributed by atoms with Crippen LogP contribution in [0.3, 0.4) is 0 Å². The van der Waals surface area contributed by atoms with E-state index in [0.717, 1.165) is 30.8 Å². The van der Waals surface area contributed by atoms with Crippen molar-refractivity contribution in [3.05, 3.63) is 29.8 Å². The van der Waals surface area contributed by atoms with E-state index in [1.807, 2.05) is 24.3 Å². The van der Waals surface area contributed by atoms with Crippen molar-refractivity contribution in [3.63, 3.8) is 0 Å². The number of ether oxygens (including phenoxy) is 2. The largest absolute Gasteiger partial charge is 0.496 e. The highest BCUT2D eigenvalue weighted by atomic mass is 16.5. The molecule has 0 saturated carbocycles. The first kappa shape index (κ1) is 17.9. The summed E-state index contributed by atoms with van der Waals surface area (Å²) in [4.78, 5) is 2.15. The minimum absolute atomic E-state index is 0.318. The van der Waals surface area contributed by atoms with E-state index in [2.05, 4.69) is 24.3 Å². The molecule has 5 nitrogen and oxygen atoms in total. The van der Waals surface area contributed by atoms with Crippen molar-refractivity contribution in [1.82, 2.24) is 10.2 Å². The van der Waals surface area contributed by atoms with Crippen LogP contribution in [0.4, 0.5) is 0 Å². The van der Waals surface area contributed by atoms with Crippen molar-refractivity contribution >= 4 is 0 Å². The zero-order valence-electron chi connectivity index (χ0n) is 13.3. The number of para-hydroxylation sites is 1. The minimum atomic E-state index is -0.487. The second-order valence-electron chi connectivity index (χ2n) is 5.34. The molecule has 0 radical (unpaired) electrons. The van der Waals surface area contributed by atoms with Crippen molar-refractivity contribution in [3.8, 4) is 5.75 Å². The summed E-state index contributed by atoms with van der Waals surface area (Å²) in [7, 11) is 5.76. The third-order valence-corrected chi connectivity index (χ3v) is 3.10. The molecule has 0 unspecified atom stereocenters. The Morgan fingerprint density at radius 2 is 2.05 bits per heavy atom. The Balaban J connectivity index is 2.11. The zero-order chi connectivity index (χ0) is 15.5. The molecule has 0 saturated heterocycles. The second kappa shape index (κ2) is 10.6. The van der Waals surface area contributed by atoms with E-state index in [1.54, 1.807) is 7.11 Å². The molecule has 2 N–H and O–H groups in total. The predicted octanol–water partition coefficient (Wildman–Crippen LogP) is 1.11. The van der Waals surface area contributed by atoms with Gasteiger partial charge in [0.05, 0.1) is 26.4 Å². The van der Waals surface area contributed by atoms with Gasteiger partial charge in [-0.25, -0.2) is 0 Å². The van der Waals surface area contributed by atoms with Crippen LogP contribution in [-0.2, 0) is 11.3 Å². The Morgan fingerprint density at radius 3 is 2.76 bits per heavy atom. The van der Waals surface area contributed by atoms with Crippen LogP contribution in [-0.4, -0.2) is 63.6 Å². The molecule has 120 valence electrons. The van der Waals surface area contributed by atoms with Crippen LogP contribution >= 0.6 is 0 Å². The van der Waals surface area contributed by atoms with E-state index in [9.17, 15) is 5.11 Å². The number of aliphatic hydroxyl groups excluding tert-OH is 1. The summed E-state index contributed by atoms with van der Waals surface area (Å²) in [6.45, 7) is 3.27. The van der Waals surface area contributed by atoms with Crippen molar-refractivity contribution in [1.29, 1.82) is 0 Å². The van der Waals surface area contributed by atoms with Crippen LogP contribution < -0.4 is 10.1 Å². The molecular formula is C16H28N2O3. The zero-order valence-corrected chi connectivity index (χ0v) is 13.3. The van der Waals surface area contributed by atoms with Crippen LogP contribution in [0.1, 0.15) is 12.0 Å². The molecule has 1 aromatic carbocycles. The molecule has 0 fully saturated rings. The lowest BCUT2D eigenvalue weighted by Crippen LogP contribution is -2.32. The number of hydrogen-bond acceptors (Lipinski definition) is 5. The molecule has 1 atom stereocenters. The average Bonchev–Trinajstić information content (AvgIpc) is 2.47. The van der Waals surface area contributed by atoms with Gasteiger partial charge in [0.1, 0.15) is 5.75 Å². The highest BCUT2D eigenvalue weighted by Gasteiger charge is 2.06. The number of methoxy groups -OCH3 is 1. The minimum Gasteiger partial charge on any atom is -0.496 e. The molecule has 0 aliphatic carbocycles. The van der Waals surface area contributed by atoms with Gasteiger partial charge in [-0.3, -0.25) is 0 Å². The molecule has 0 aromatic heterocycles. The molecule has 1 aromatic rings. The number of nitrogens with zero attached hydrogens (tertiary/aromatic N) is 1. The molecule has 0 bridgehead atoms. The maximum absolute atomic E-state index is 9.83. The maximum Gasteiger partial charge on any atom is 0.124 e. The molecular weight excluding hydrogens is 268 g/mol. The monoisotopic (exact) mass is 296 g/mol. The van der Waals surface area contributed by atoms with Gasteiger partial charge in [0, 0.05) is 12.1 Å². The van der Waals surface area contributed by atoms with Gasteiger partial charge in [-0.1, -0.05) is 18.2 Å². The third kappa shape index (κ3) is 8.02. The smallest absolute Gasteiger partial charge is 0.124 e. The van der Waals surface area contributed by atoms with E-state index in [4.69, 9.17) is 9.47 Å². The summed E-state index contributed by atoms with van der Waals surface area (Å²) in [5.74, 6) is 0.814. The van der Waals surface area contributed by atoms with E-state index in [0.29, 0.717) is 19.8 Å². The molecule has 0 aliphatic rings. The Bertz CT molecular complexity index is 386. The van der Waals surface area contributed by atoms with Gasteiger partial charge in [-0.15, -0.1) is 0 Å². The lowest BCUT2D eigenvalue weighted by atomic mass is 10.2. The van der Waals surface area contributed by atoms with Gasteiger partial charge in [0.15, 0.2) is 0 Å². The number of aliphatic hydroxyl groups is 1. The van der Waals surface area contributed by atoms with Crippen LogP contribution in [0.2, 0.25) is 0 Å². The first-order valence-electron chi connectivity index (χ1n) is 7.36. The summed E-state index contributed by atoms with van der Waals surface area (Å²) in [6.07, 6.45) is 0.584. The standard InChI is InChI=1S/C16H28N2O3/c1-18(2)10-6-9-17-11-15(19)13-21-12-14-7-4-5-8-16(14)20-3/h4-5,7-8,15,17,19H,6,9-13H2,1-3H3/t15-/m0/s1. The Kier molecular flexibility index (Phi) is 9.01. The normalized spacial score (nSPS) is 12.6. The fraction of sp³-hybridized carbons (Fsp3) is 0.625. The first-order chi connectivity index (χ1) is 10.1. The average molecular weight is 296 g/mol. The van der Waals surface area contributed by atoms with Crippen LogP contribution in [0, 0.1) is 0 Å². The summed E-state index contributed by atoms with van der Waals surface area (Å²) in [5.41, 5.74) is 0.992. The second-order valence-corrected chi connectivity index (χ2v) is 5.34. The summed E-state index contributed by atoms with van der Waals surface area (Å²) >= 11 is 0. The van der Waals surface area contributed by atoms with Crippen LogP contribution in [0.25, 0.3) is 0 Å².